The Morgan fingerprint density at radius 2 is 1.18 bits per heavy atom. The highest BCUT2D eigenvalue weighted by atomic mass is 36.0. The molecule has 0 aromatic heterocycles. The molecule has 0 spiro atoms. The Balaban J connectivity index is 0.000000231. The van der Waals surface area contributed by atoms with Gasteiger partial charge in [0.1, 0.15) is 0 Å². The molecule has 0 heterocycles. The highest BCUT2D eigenvalue weighted by Crippen LogP contribution is 2.12. The fourth-order valence-electron chi connectivity index (χ4n) is 2.12. The van der Waals surface area contributed by atoms with Crippen molar-refractivity contribution >= 4 is 52.3 Å². The molecule has 0 amide bonds. The average Bonchev–Trinajstić information content (AvgIpc) is 2.61. The Morgan fingerprint density at radius 3 is 1.50 bits per heavy atom. The lowest BCUT2D eigenvalue weighted by Crippen LogP contribution is -2.03. The minimum atomic E-state index is -3.72. The number of fused-ring (bicyclic) bond motifs is 1. The van der Waals surface area contributed by atoms with E-state index in [2.05, 4.69) is 69.9 Å². The van der Waals surface area contributed by atoms with Gasteiger partial charge in [-0.3, -0.25) is 0 Å². The second-order valence-electron chi connectivity index (χ2n) is 5.37. The summed E-state index contributed by atoms with van der Waals surface area (Å²) in [5.74, 6) is -2.23. The van der Waals surface area contributed by atoms with E-state index in [1.54, 1.807) is 6.92 Å². The smallest absolute Gasteiger partial charge is 0.335 e. The third-order valence-corrected chi connectivity index (χ3v) is 3.37. The monoisotopic (exact) mass is 442 g/mol. The predicted octanol–water partition coefficient (Wildman–Crippen LogP) is 4.94. The molecule has 148 valence electrons. The first-order valence-electron chi connectivity index (χ1n) is 7.64. The lowest BCUT2D eigenvalue weighted by molar-refractivity contribution is 0.0695. The molecule has 0 aliphatic carbocycles. The number of rotatable bonds is 2. The molecule has 0 saturated carbocycles. The van der Waals surface area contributed by atoms with Gasteiger partial charge in [0.05, 0.1) is 11.1 Å². The van der Waals surface area contributed by atoms with Gasteiger partial charge in [-0.25, -0.2) is 9.59 Å². The summed E-state index contributed by atoms with van der Waals surface area (Å²) in [6.07, 6.45) is 0. The Kier molecular flexibility index (Phi) is 8.91. The zero-order valence-electron chi connectivity index (χ0n) is 14.5. The van der Waals surface area contributed by atoms with E-state index in [4.69, 9.17) is 18.6 Å². The summed E-state index contributed by atoms with van der Waals surface area (Å²) < 4.78 is 18.3. The molecular weight excluding hydrogens is 427 g/mol. The van der Waals surface area contributed by atoms with Crippen LogP contribution in [0.3, 0.4) is 0 Å². The Hall–Kier alpha value is -2.61. The standard InChI is InChI=1S/C10H8.C9H8O4.Cl2O2S/c1-2-6-10-8-4-3-7-9(10)5-1;1-5-2-3-6(8(10)11)4-7(5)9(12)13;1-5(2,3)4/h1-8H;2-4H,1H3,(H,10,11)(H,12,13);. The molecule has 2 N–H and O–H groups in total. The summed E-state index contributed by atoms with van der Waals surface area (Å²) in [5.41, 5.74) is 0.570. The highest BCUT2D eigenvalue weighted by molar-refractivity contribution is 8.31. The summed E-state index contributed by atoms with van der Waals surface area (Å²) >= 11 is 0. The molecule has 3 rings (SSSR count). The van der Waals surface area contributed by atoms with E-state index >= 15 is 0 Å². The van der Waals surface area contributed by atoms with Crippen LogP contribution in [-0.4, -0.2) is 30.6 Å². The molecule has 0 bridgehead atoms. The lowest BCUT2D eigenvalue weighted by Gasteiger charge is -2.01. The van der Waals surface area contributed by atoms with Crippen molar-refractivity contribution in [1.29, 1.82) is 0 Å². The number of hydrogen-bond acceptors (Lipinski definition) is 4. The van der Waals surface area contributed by atoms with Gasteiger partial charge in [0.15, 0.2) is 0 Å². The van der Waals surface area contributed by atoms with Crippen molar-refractivity contribution < 1.29 is 28.2 Å². The summed E-state index contributed by atoms with van der Waals surface area (Å²) in [4.78, 5) is 21.1. The van der Waals surface area contributed by atoms with Gasteiger partial charge in [0, 0.05) is 21.4 Å². The van der Waals surface area contributed by atoms with Crippen LogP contribution < -0.4 is 0 Å². The predicted molar refractivity (Wildman–Crippen MR) is 110 cm³/mol. The third kappa shape index (κ3) is 8.85. The van der Waals surface area contributed by atoms with Gasteiger partial charge in [-0.05, 0) is 35.4 Å². The molecule has 3 aromatic carbocycles. The Morgan fingerprint density at radius 1 is 0.786 bits per heavy atom. The van der Waals surface area contributed by atoms with Crippen LogP contribution in [0.5, 0.6) is 0 Å². The zero-order chi connectivity index (χ0) is 21.3. The van der Waals surface area contributed by atoms with E-state index in [-0.39, 0.29) is 11.1 Å². The number of hydrogen-bond donors (Lipinski definition) is 2. The quantitative estimate of drug-likeness (QED) is 0.543. The number of benzene rings is 3. The maximum absolute atomic E-state index is 10.6. The first-order valence-corrected chi connectivity index (χ1v) is 10.8. The van der Waals surface area contributed by atoms with Crippen LogP contribution >= 0.6 is 21.4 Å². The summed E-state index contributed by atoms with van der Waals surface area (Å²) in [6, 6.07) is 20.7. The molecule has 0 fully saturated rings. The van der Waals surface area contributed by atoms with Crippen LogP contribution in [-0.2, 0) is 8.26 Å². The van der Waals surface area contributed by atoms with Crippen LogP contribution in [0.2, 0.25) is 0 Å². The van der Waals surface area contributed by atoms with E-state index in [9.17, 15) is 9.59 Å². The molecule has 9 heteroatoms. The van der Waals surface area contributed by atoms with E-state index in [1.807, 2.05) is 0 Å². The van der Waals surface area contributed by atoms with Crippen LogP contribution in [0.15, 0.2) is 66.7 Å². The highest BCUT2D eigenvalue weighted by Gasteiger charge is 2.10. The van der Waals surface area contributed by atoms with Gasteiger partial charge in [-0.2, -0.15) is 8.42 Å². The average molecular weight is 443 g/mol. The fourth-order valence-corrected chi connectivity index (χ4v) is 2.12. The van der Waals surface area contributed by atoms with Crippen molar-refractivity contribution in [2.75, 3.05) is 0 Å². The minimum absolute atomic E-state index is 0.0111. The maximum Gasteiger partial charge on any atom is 0.335 e. The first kappa shape index (κ1) is 23.4. The van der Waals surface area contributed by atoms with E-state index in [0.29, 0.717) is 5.56 Å². The van der Waals surface area contributed by atoms with E-state index in [1.165, 1.54) is 22.9 Å². The number of carboxylic acid groups (broad SMARTS) is 2. The molecule has 0 saturated heterocycles. The van der Waals surface area contributed by atoms with Gasteiger partial charge in [-0.1, -0.05) is 54.6 Å². The van der Waals surface area contributed by atoms with Crippen LogP contribution in [0, 0.1) is 6.92 Å². The molecule has 0 atom stereocenters. The molecule has 0 aliphatic rings. The van der Waals surface area contributed by atoms with Gasteiger partial charge in [0.2, 0.25) is 0 Å². The molecular formula is C19H16Cl2O6S. The maximum atomic E-state index is 10.6. The van der Waals surface area contributed by atoms with Crippen molar-refractivity contribution in [3.63, 3.8) is 0 Å². The SMILES string of the molecule is Cc1ccc(C(=O)O)cc1C(=O)O.O=S(=O)(Cl)Cl.c1ccc2ccccc2c1. The Labute approximate surface area is 170 Å². The third-order valence-electron chi connectivity index (χ3n) is 3.37. The molecule has 6 nitrogen and oxygen atoms in total. The number of halogens is 2. The van der Waals surface area contributed by atoms with Gasteiger partial charge in [-0.15, -0.1) is 0 Å². The molecule has 0 aliphatic heterocycles. The van der Waals surface area contributed by atoms with Gasteiger partial charge < -0.3 is 10.2 Å². The van der Waals surface area contributed by atoms with Crippen LogP contribution in [0.4, 0.5) is 0 Å². The summed E-state index contributed by atoms with van der Waals surface area (Å²) in [6.45, 7) is 1.62. The normalized spacial score (nSPS) is 10.1. The Bertz CT molecular complexity index is 1010. The zero-order valence-corrected chi connectivity index (χ0v) is 16.9. The number of aromatic carboxylic acids is 2. The number of carbonyl (C=O) groups is 2. The topological polar surface area (TPSA) is 109 Å². The number of aryl methyl sites for hydroxylation is 1. The lowest BCUT2D eigenvalue weighted by atomic mass is 10.1. The van der Waals surface area contributed by atoms with Crippen LogP contribution in [0.25, 0.3) is 10.8 Å². The fraction of sp³-hybridized carbons (Fsp3) is 0.0526. The van der Waals surface area contributed by atoms with Crippen LogP contribution in [0.1, 0.15) is 26.3 Å². The van der Waals surface area contributed by atoms with Gasteiger partial charge >= 0.3 is 20.2 Å². The summed E-state index contributed by atoms with van der Waals surface area (Å²) in [7, 11) is 4.81. The van der Waals surface area contributed by atoms with E-state index in [0.717, 1.165) is 6.07 Å². The van der Waals surface area contributed by atoms with Crippen molar-refractivity contribution in [3.05, 3.63) is 83.4 Å². The molecule has 0 unspecified atom stereocenters. The van der Waals surface area contributed by atoms with E-state index < -0.39 is 20.2 Å². The molecule has 28 heavy (non-hydrogen) atoms. The number of carboxylic acids is 2. The molecule has 3 aromatic rings. The minimum Gasteiger partial charge on any atom is -0.478 e. The molecule has 0 radical (unpaired) electrons. The second-order valence-corrected chi connectivity index (χ2v) is 9.03. The van der Waals surface area contributed by atoms with Gasteiger partial charge in [0.25, 0.3) is 0 Å². The van der Waals surface area contributed by atoms with Crippen molar-refractivity contribution in [2.45, 2.75) is 6.92 Å². The van der Waals surface area contributed by atoms with Crippen molar-refractivity contribution in [3.8, 4) is 0 Å². The second kappa shape index (κ2) is 10.7. The van der Waals surface area contributed by atoms with Crippen molar-refractivity contribution in [1.82, 2.24) is 0 Å². The largest absolute Gasteiger partial charge is 0.478 e. The summed E-state index contributed by atoms with van der Waals surface area (Å²) in [5, 5.41) is 19.9. The van der Waals surface area contributed by atoms with Crippen molar-refractivity contribution in [2.24, 2.45) is 0 Å². The first-order chi connectivity index (χ1) is 13.0.